The summed E-state index contributed by atoms with van der Waals surface area (Å²) in [6, 6.07) is 15.8. The Labute approximate surface area is 497 Å². The third-order valence-corrected chi connectivity index (χ3v) is 14.6. The van der Waals surface area contributed by atoms with Gasteiger partial charge in [-0.2, -0.15) is 0 Å². The number of aryl methyl sites for hydroxylation is 8. The number of nitrogens with two attached hydrogens (primary N) is 2. The summed E-state index contributed by atoms with van der Waals surface area (Å²) in [6.45, 7) is 18.8. The second kappa shape index (κ2) is 26.2. The van der Waals surface area contributed by atoms with Crippen LogP contribution in [0.1, 0.15) is 57.9 Å². The minimum absolute atomic E-state index is 0.0101. The van der Waals surface area contributed by atoms with Gasteiger partial charge in [-0.3, -0.25) is 10.8 Å². The Hall–Kier alpha value is -9.50. The van der Waals surface area contributed by atoms with E-state index in [1.54, 1.807) is 9.03 Å². The number of hydrogen-bond donors (Lipinski definition) is 8. The maximum absolute atomic E-state index is 9.24. The second-order valence-electron chi connectivity index (χ2n) is 21.5. The molecule has 0 saturated carbocycles. The standard InChI is InChI=1S/C31H41N11O2.C29H35N9O4/c1-18-9-11-24-26(30(37-41(24)20(18)3)43-15-13-39(5)6)34-28-22(32)17-23(33)29(36-28)35-27-25-12-10-19(2)21(4)42(25)38-31(27)44-16-14-40(7)8;1-16-7-9-22-24(28(41-13-5-11-39)35-37(22)18(16)3)32-26-20(30)15-21(31)27(34-26)33-25-23-10-8-17(2)19(4)38(23)36-29(25)42-14-6-12-40/h9-12,17,32H,13-16,33H2,1-8H3,(H,34,35,36);7-10,15,30,39-40H,5-6,11-14,31H2,1-4H3,(H,32,33,34). The van der Waals surface area contributed by atoms with E-state index in [2.05, 4.69) is 25.8 Å². The number of aliphatic hydroxyl groups is 2. The molecule has 0 atom stereocenters. The van der Waals surface area contributed by atoms with Crippen LogP contribution >= 0.6 is 0 Å². The largest absolute Gasteiger partial charge is 0.475 e. The number of hydrogen-bond acceptors (Lipinski definition) is 20. The molecule has 452 valence electrons. The minimum atomic E-state index is -0.0131. The van der Waals surface area contributed by atoms with E-state index in [1.807, 2.05) is 151 Å². The topological polar surface area (TPSA) is 326 Å². The van der Waals surface area contributed by atoms with Crippen LogP contribution in [-0.2, 0) is 0 Å². The summed E-state index contributed by atoms with van der Waals surface area (Å²) in [4.78, 5) is 23.1. The molecule has 8 aromatic rings. The molecular weight excluding hydrogens is 1100 g/mol. The molecule has 0 spiro atoms. The van der Waals surface area contributed by atoms with Gasteiger partial charge >= 0.3 is 0 Å². The van der Waals surface area contributed by atoms with E-state index in [-0.39, 0.29) is 78.5 Å². The van der Waals surface area contributed by atoms with Gasteiger partial charge in [0.25, 0.3) is 23.5 Å². The number of anilines is 2. The lowest BCUT2D eigenvalue weighted by molar-refractivity contribution is 0.229. The van der Waals surface area contributed by atoms with E-state index in [4.69, 9.17) is 66.4 Å². The number of likely N-dealkylation sites (N-methyl/N-ethyl adjacent to an activating group) is 2. The van der Waals surface area contributed by atoms with Gasteiger partial charge in [0.05, 0.1) is 58.1 Å². The van der Waals surface area contributed by atoms with Crippen molar-refractivity contribution in [2.24, 2.45) is 31.4 Å². The number of ether oxygens (including phenoxy) is 4. The zero-order valence-electron chi connectivity index (χ0n) is 50.8. The number of aliphatic hydroxyl groups excluding tert-OH is 2. The fraction of sp³-hybridized carbons (Fsp3) is 0.367. The van der Waals surface area contributed by atoms with Crippen LogP contribution in [0.5, 0.6) is 23.5 Å². The summed E-state index contributed by atoms with van der Waals surface area (Å²) in [6.07, 6.45) is 3.90. The van der Waals surface area contributed by atoms with E-state index in [0.29, 0.717) is 78.5 Å². The number of amidine groups is 4. The third kappa shape index (κ3) is 12.9. The molecular formula is C60H76N20O6. The molecule has 0 saturated heterocycles. The monoisotopic (exact) mass is 1170 g/mol. The van der Waals surface area contributed by atoms with Crippen LogP contribution in [0.3, 0.4) is 0 Å². The average Bonchev–Trinajstić information content (AvgIpc) is 1.85. The molecule has 0 fully saturated rings. The summed E-state index contributed by atoms with van der Waals surface area (Å²) in [5.74, 6) is 2.31. The Balaban J connectivity index is 0.000000206. The maximum atomic E-state index is 9.24. The Morgan fingerprint density at radius 2 is 0.791 bits per heavy atom. The highest BCUT2D eigenvalue weighted by Crippen LogP contribution is 2.37. The maximum Gasteiger partial charge on any atom is 0.260 e. The molecule has 26 heteroatoms. The Morgan fingerprint density at radius 1 is 0.477 bits per heavy atom. The van der Waals surface area contributed by atoms with Gasteiger partial charge in [-0.05, 0) is 142 Å². The van der Waals surface area contributed by atoms with Gasteiger partial charge in [0.2, 0.25) is 0 Å². The van der Waals surface area contributed by atoms with Gasteiger partial charge < -0.3 is 61.1 Å². The minimum Gasteiger partial charge on any atom is -0.475 e. The highest BCUT2D eigenvalue weighted by molar-refractivity contribution is 6.53. The lowest BCUT2D eigenvalue weighted by Gasteiger charge is -2.16. The zero-order valence-corrected chi connectivity index (χ0v) is 50.8. The van der Waals surface area contributed by atoms with Gasteiger partial charge in [0, 0.05) is 61.9 Å². The van der Waals surface area contributed by atoms with Crippen LogP contribution in [0, 0.1) is 66.2 Å². The Kier molecular flexibility index (Phi) is 18.6. The molecule has 0 amide bonds. The normalized spacial score (nSPS) is 14.6. The number of rotatable bonds is 20. The molecule has 8 aromatic heterocycles. The van der Waals surface area contributed by atoms with Crippen molar-refractivity contribution in [2.75, 3.05) is 91.6 Å². The van der Waals surface area contributed by atoms with Gasteiger partial charge in [-0.25, -0.2) is 38.0 Å². The molecule has 10 rings (SSSR count). The first-order chi connectivity index (χ1) is 41.2. The number of aliphatic imine (C=N–C) groups is 4. The molecule has 2 aliphatic heterocycles. The molecule has 2 aliphatic rings. The van der Waals surface area contributed by atoms with Gasteiger partial charge in [0.1, 0.15) is 24.6 Å². The fourth-order valence-corrected chi connectivity index (χ4v) is 9.03. The molecule has 0 aromatic carbocycles. The van der Waals surface area contributed by atoms with Crippen LogP contribution in [0.25, 0.3) is 22.1 Å². The molecule has 0 unspecified atom stereocenters. The number of dihydropyridines is 2. The first kappa shape index (κ1) is 61.1. The predicted molar refractivity (Wildman–Crippen MR) is 337 cm³/mol. The molecule has 0 bridgehead atoms. The SMILES string of the molecule is Cc1ccc2c(N=C3N=C(Nc4c(OCCCO)nn5c(C)c(C)ccc45)C(=N)C=C3N)c(OCCCO)nn2c1C.Cc1ccc2c(N=C3N=C(Nc4c(OCCN(C)C)nn5c(C)c(C)ccc45)C(=N)C=C3N)c(OCCN(C)C)nn2c1C. The van der Waals surface area contributed by atoms with Crippen molar-refractivity contribution < 1.29 is 29.2 Å². The van der Waals surface area contributed by atoms with Crippen molar-refractivity contribution in [3.05, 3.63) is 117 Å². The first-order valence-electron chi connectivity index (χ1n) is 28.2. The van der Waals surface area contributed by atoms with E-state index in [0.717, 1.165) is 68.1 Å². The van der Waals surface area contributed by atoms with Crippen molar-refractivity contribution in [3.63, 3.8) is 0 Å². The molecule has 0 radical (unpaired) electrons. The molecule has 86 heavy (non-hydrogen) atoms. The quantitative estimate of drug-likeness (QED) is 0.0370. The highest BCUT2D eigenvalue weighted by atomic mass is 16.5. The lowest BCUT2D eigenvalue weighted by atomic mass is 10.2. The number of nitrogens with one attached hydrogen (secondary N) is 4. The van der Waals surface area contributed by atoms with Crippen molar-refractivity contribution in [3.8, 4) is 23.5 Å². The van der Waals surface area contributed by atoms with Crippen LogP contribution in [0.15, 0.2) is 92.0 Å². The van der Waals surface area contributed by atoms with Gasteiger partial charge in [0.15, 0.2) is 34.7 Å². The van der Waals surface area contributed by atoms with E-state index < -0.39 is 0 Å². The summed E-state index contributed by atoms with van der Waals surface area (Å²) in [7, 11) is 7.94. The van der Waals surface area contributed by atoms with Crippen molar-refractivity contribution in [2.45, 2.75) is 68.2 Å². The number of aromatic nitrogens is 8. The lowest BCUT2D eigenvalue weighted by Crippen LogP contribution is -2.29. The third-order valence-electron chi connectivity index (χ3n) is 14.6. The van der Waals surface area contributed by atoms with Crippen molar-refractivity contribution in [1.82, 2.24) is 48.3 Å². The van der Waals surface area contributed by atoms with Crippen molar-refractivity contribution >= 4 is 79.6 Å². The molecule has 26 nitrogen and oxygen atoms in total. The summed E-state index contributed by atoms with van der Waals surface area (Å²) < 4.78 is 31.2. The summed E-state index contributed by atoms with van der Waals surface area (Å²) >= 11 is 0. The van der Waals surface area contributed by atoms with Crippen molar-refractivity contribution in [1.29, 1.82) is 10.8 Å². The summed E-state index contributed by atoms with van der Waals surface area (Å²) in [5.41, 5.74) is 26.6. The Morgan fingerprint density at radius 3 is 1.15 bits per heavy atom. The second-order valence-corrected chi connectivity index (χ2v) is 21.5. The summed E-state index contributed by atoms with van der Waals surface area (Å²) in [5, 5.41) is 61.1. The smallest absolute Gasteiger partial charge is 0.260 e. The predicted octanol–water partition coefficient (Wildman–Crippen LogP) is 6.67. The first-order valence-corrected chi connectivity index (χ1v) is 28.2. The Bertz CT molecular complexity index is 4110. The molecule has 0 aliphatic carbocycles. The van der Waals surface area contributed by atoms with E-state index in [1.165, 1.54) is 12.2 Å². The van der Waals surface area contributed by atoms with Crippen LogP contribution in [-0.4, -0.2) is 174 Å². The highest BCUT2D eigenvalue weighted by Gasteiger charge is 2.27. The average molecular weight is 1170 g/mol. The number of fused-ring (bicyclic) bond motifs is 4. The van der Waals surface area contributed by atoms with Gasteiger partial charge in [-0.15, -0.1) is 20.4 Å². The van der Waals surface area contributed by atoms with Crippen LogP contribution in [0.4, 0.5) is 22.7 Å². The zero-order chi connectivity index (χ0) is 61.7. The number of nitrogens with zero attached hydrogens (tertiary/aromatic N) is 14. The van der Waals surface area contributed by atoms with Gasteiger partial charge in [-0.1, -0.05) is 24.3 Å². The van der Waals surface area contributed by atoms with Crippen LogP contribution in [0.2, 0.25) is 0 Å². The van der Waals surface area contributed by atoms with E-state index in [9.17, 15) is 10.2 Å². The number of pyridine rings is 4. The molecule has 10 N–H and O–H groups in total. The fourth-order valence-electron chi connectivity index (χ4n) is 9.03. The van der Waals surface area contributed by atoms with E-state index >= 15 is 0 Å². The molecule has 10 heterocycles. The van der Waals surface area contributed by atoms with Crippen LogP contribution < -0.4 is 41.0 Å².